The van der Waals surface area contributed by atoms with Crippen LogP contribution in [0, 0.1) is 0 Å². The molecule has 1 aromatic rings. The van der Waals surface area contributed by atoms with E-state index in [0.717, 1.165) is 25.9 Å². The Bertz CT molecular complexity index is 514. The molecule has 0 saturated carbocycles. The fourth-order valence-corrected chi connectivity index (χ4v) is 2.48. The molecule has 7 heteroatoms. The lowest BCUT2D eigenvalue weighted by Crippen LogP contribution is -2.44. The maximum atomic E-state index is 12.5. The summed E-state index contributed by atoms with van der Waals surface area (Å²) in [6, 6.07) is 6.13. The second-order valence-electron chi connectivity index (χ2n) is 5.30. The molecule has 0 aromatic heterocycles. The maximum Gasteiger partial charge on any atom is 0.422 e. The molecule has 0 bridgehead atoms. The minimum Gasteiger partial charge on any atom is -0.483 e. The number of carbonyl (C=O) groups excluding carboxylic acids is 1. The zero-order chi connectivity index (χ0) is 16.2. The van der Waals surface area contributed by atoms with Gasteiger partial charge in [-0.05, 0) is 38.1 Å². The zero-order valence-electron chi connectivity index (χ0n) is 12.3. The summed E-state index contributed by atoms with van der Waals surface area (Å²) >= 11 is 0. The largest absolute Gasteiger partial charge is 0.483 e. The highest BCUT2D eigenvalue weighted by atomic mass is 19.4. The molecular formula is C15H19F3N2O2. The van der Waals surface area contributed by atoms with E-state index in [2.05, 4.69) is 5.32 Å². The Kier molecular flexibility index (Phi) is 5.28. The predicted octanol–water partition coefficient (Wildman–Crippen LogP) is 2.45. The first-order chi connectivity index (χ1) is 10.4. The lowest BCUT2D eigenvalue weighted by molar-refractivity contribution is -0.153. The van der Waals surface area contributed by atoms with Gasteiger partial charge in [0.1, 0.15) is 5.75 Å². The van der Waals surface area contributed by atoms with Crippen LogP contribution in [-0.4, -0.2) is 49.8 Å². The van der Waals surface area contributed by atoms with Gasteiger partial charge in [0.25, 0.3) is 5.91 Å². The predicted molar refractivity (Wildman–Crippen MR) is 76.0 cm³/mol. The van der Waals surface area contributed by atoms with Crippen molar-refractivity contribution in [1.82, 2.24) is 10.2 Å². The third-order valence-electron chi connectivity index (χ3n) is 3.69. The Hall–Kier alpha value is -1.76. The average Bonchev–Trinajstić information content (AvgIpc) is 2.52. The van der Waals surface area contributed by atoms with Gasteiger partial charge in [-0.2, -0.15) is 13.2 Å². The van der Waals surface area contributed by atoms with Crippen molar-refractivity contribution in [2.75, 3.05) is 26.7 Å². The molecule has 1 fully saturated rings. The number of amides is 1. The molecule has 122 valence electrons. The maximum absolute atomic E-state index is 12.5. The summed E-state index contributed by atoms with van der Waals surface area (Å²) in [4.78, 5) is 14.1. The van der Waals surface area contributed by atoms with Crippen molar-refractivity contribution in [2.45, 2.75) is 25.1 Å². The van der Waals surface area contributed by atoms with E-state index in [4.69, 9.17) is 4.74 Å². The molecule has 0 spiro atoms. The van der Waals surface area contributed by atoms with Crippen LogP contribution < -0.4 is 10.1 Å². The van der Waals surface area contributed by atoms with E-state index in [1.807, 2.05) is 0 Å². The van der Waals surface area contributed by atoms with Crippen molar-refractivity contribution < 1.29 is 22.7 Å². The van der Waals surface area contributed by atoms with Gasteiger partial charge in [0.2, 0.25) is 0 Å². The number of para-hydroxylation sites is 1. The summed E-state index contributed by atoms with van der Waals surface area (Å²) in [6.45, 7) is 0.247. The number of hydrogen-bond donors (Lipinski definition) is 1. The number of alkyl halides is 3. The first kappa shape index (κ1) is 16.6. The van der Waals surface area contributed by atoms with Gasteiger partial charge in [-0.1, -0.05) is 12.1 Å². The molecule has 1 saturated heterocycles. The van der Waals surface area contributed by atoms with Crippen LogP contribution in [0.5, 0.6) is 5.75 Å². The number of carbonyl (C=O) groups is 1. The fraction of sp³-hybridized carbons (Fsp3) is 0.533. The molecule has 2 rings (SSSR count). The van der Waals surface area contributed by atoms with Crippen LogP contribution in [0.4, 0.5) is 13.2 Å². The number of nitrogens with zero attached hydrogens (tertiary/aromatic N) is 1. The lowest BCUT2D eigenvalue weighted by atomic mass is 10.0. The molecule has 1 aliphatic heterocycles. The second-order valence-corrected chi connectivity index (χ2v) is 5.30. The van der Waals surface area contributed by atoms with Crippen molar-refractivity contribution in [3.05, 3.63) is 29.8 Å². The van der Waals surface area contributed by atoms with Gasteiger partial charge in [-0.15, -0.1) is 0 Å². The van der Waals surface area contributed by atoms with Crippen molar-refractivity contribution in [3.63, 3.8) is 0 Å². The van der Waals surface area contributed by atoms with E-state index in [9.17, 15) is 18.0 Å². The molecule has 0 atom stereocenters. The topological polar surface area (TPSA) is 41.6 Å². The summed E-state index contributed by atoms with van der Waals surface area (Å²) in [5.74, 6) is -0.352. The highest BCUT2D eigenvalue weighted by Gasteiger charge is 2.30. The van der Waals surface area contributed by atoms with Gasteiger partial charge in [0.15, 0.2) is 6.61 Å². The average molecular weight is 316 g/mol. The highest BCUT2D eigenvalue weighted by Crippen LogP contribution is 2.24. The zero-order valence-corrected chi connectivity index (χ0v) is 12.3. The van der Waals surface area contributed by atoms with Crippen LogP contribution in [-0.2, 0) is 0 Å². The minimum atomic E-state index is -4.43. The molecule has 1 aromatic carbocycles. The van der Waals surface area contributed by atoms with Gasteiger partial charge in [0.05, 0.1) is 5.56 Å². The second kappa shape index (κ2) is 7.00. The summed E-state index contributed by atoms with van der Waals surface area (Å²) in [7, 11) is 1.68. The van der Waals surface area contributed by atoms with Crippen molar-refractivity contribution in [1.29, 1.82) is 0 Å². The number of nitrogens with one attached hydrogen (secondary N) is 1. The van der Waals surface area contributed by atoms with Gasteiger partial charge in [-0.25, -0.2) is 0 Å². The van der Waals surface area contributed by atoms with Gasteiger partial charge >= 0.3 is 6.18 Å². The summed E-state index contributed by atoms with van der Waals surface area (Å²) in [5.41, 5.74) is 0.160. The number of benzene rings is 1. The third kappa shape index (κ3) is 4.37. The molecule has 1 amide bonds. The van der Waals surface area contributed by atoms with Crippen LogP contribution in [0.3, 0.4) is 0 Å². The van der Waals surface area contributed by atoms with E-state index < -0.39 is 12.8 Å². The number of rotatable bonds is 4. The summed E-state index contributed by atoms with van der Waals surface area (Å²) in [6.07, 6.45) is -2.78. The van der Waals surface area contributed by atoms with Crippen molar-refractivity contribution in [2.24, 2.45) is 0 Å². The van der Waals surface area contributed by atoms with E-state index in [1.54, 1.807) is 24.1 Å². The Balaban J connectivity index is 2.11. The number of piperidine rings is 1. The first-order valence-electron chi connectivity index (χ1n) is 7.15. The van der Waals surface area contributed by atoms with Crippen molar-refractivity contribution in [3.8, 4) is 5.75 Å². The molecule has 1 aliphatic rings. The van der Waals surface area contributed by atoms with Gasteiger partial charge < -0.3 is 15.0 Å². The Morgan fingerprint density at radius 1 is 1.32 bits per heavy atom. The minimum absolute atomic E-state index is 0.0365. The monoisotopic (exact) mass is 316 g/mol. The molecule has 0 aliphatic carbocycles. The van der Waals surface area contributed by atoms with E-state index >= 15 is 0 Å². The molecule has 1 heterocycles. The smallest absolute Gasteiger partial charge is 0.422 e. The van der Waals surface area contributed by atoms with E-state index in [-0.39, 0.29) is 23.3 Å². The van der Waals surface area contributed by atoms with Crippen LogP contribution in [0.15, 0.2) is 24.3 Å². The number of ether oxygens (including phenoxy) is 1. The van der Waals surface area contributed by atoms with E-state index in [1.165, 1.54) is 12.1 Å². The Labute approximate surface area is 127 Å². The number of hydrogen-bond acceptors (Lipinski definition) is 3. The number of halogens is 3. The molecular weight excluding hydrogens is 297 g/mol. The van der Waals surface area contributed by atoms with Crippen molar-refractivity contribution >= 4 is 5.91 Å². The molecule has 4 nitrogen and oxygen atoms in total. The first-order valence-corrected chi connectivity index (χ1v) is 7.15. The summed E-state index contributed by atoms with van der Waals surface area (Å²) < 4.78 is 41.7. The van der Waals surface area contributed by atoms with Crippen LogP contribution in [0.25, 0.3) is 0 Å². The normalized spacial score (nSPS) is 16.4. The Morgan fingerprint density at radius 3 is 2.59 bits per heavy atom. The standard InChI is InChI=1S/C15H19F3N2O2/c1-20(11-6-8-19-9-7-11)14(21)12-4-2-3-5-13(12)22-10-15(16,17)18/h2-5,11,19H,6-10H2,1H3. The van der Waals surface area contributed by atoms with Crippen LogP contribution in [0.2, 0.25) is 0 Å². The molecule has 22 heavy (non-hydrogen) atoms. The molecule has 0 unspecified atom stereocenters. The third-order valence-corrected chi connectivity index (χ3v) is 3.69. The van der Waals surface area contributed by atoms with Gasteiger partial charge in [-0.3, -0.25) is 4.79 Å². The van der Waals surface area contributed by atoms with Crippen LogP contribution in [0.1, 0.15) is 23.2 Å². The highest BCUT2D eigenvalue weighted by molar-refractivity contribution is 5.97. The van der Waals surface area contributed by atoms with E-state index in [0.29, 0.717) is 0 Å². The fourth-order valence-electron chi connectivity index (χ4n) is 2.48. The van der Waals surface area contributed by atoms with Gasteiger partial charge in [0, 0.05) is 13.1 Å². The SMILES string of the molecule is CN(C(=O)c1ccccc1OCC(F)(F)F)C1CCNCC1. The molecule has 1 N–H and O–H groups in total. The van der Waals surface area contributed by atoms with Crippen LogP contribution >= 0.6 is 0 Å². The summed E-state index contributed by atoms with van der Waals surface area (Å²) in [5, 5.41) is 3.21. The lowest BCUT2D eigenvalue weighted by Gasteiger charge is -2.32. The molecule has 0 radical (unpaired) electrons. The quantitative estimate of drug-likeness (QED) is 0.928. The Morgan fingerprint density at radius 2 is 1.95 bits per heavy atom.